The number of aromatic nitrogens is 8. The number of hydrogen-bond donors (Lipinski definition) is 3. The second-order valence-electron chi connectivity index (χ2n) is 8.07. The molecule has 0 saturated heterocycles. The number of methoxy groups -OCH3 is 1. The van der Waals surface area contributed by atoms with E-state index in [1.54, 1.807) is 55.8 Å². The van der Waals surface area contributed by atoms with Crippen molar-refractivity contribution in [1.29, 1.82) is 0 Å². The molecular weight excluding hydrogens is 422 g/mol. The number of aromatic amines is 2. The monoisotopic (exact) mass is 445 g/mol. The Kier molecular flexibility index (Phi) is 5.00. The van der Waals surface area contributed by atoms with Crippen LogP contribution in [0, 0.1) is 5.92 Å². The van der Waals surface area contributed by atoms with Gasteiger partial charge in [-0.3, -0.25) is 9.48 Å². The lowest BCUT2D eigenvalue weighted by Gasteiger charge is -2.23. The standard InChI is InChI=1S/C22H23N9O2/c1-11(2)17(21-23-6-5-7-24-21)29-19-16(22(32)28-14-10-31(3)30-18(14)19)20-26-12-8-15(33-4)25-9-13(12)27-20/h5-11,17,29H,1-4H3,(H,26,27)(H,28,32). The number of rotatable bonds is 6. The molecule has 5 heterocycles. The Morgan fingerprint density at radius 3 is 2.64 bits per heavy atom. The van der Waals surface area contributed by atoms with Crippen molar-refractivity contribution in [2.24, 2.45) is 13.0 Å². The SMILES string of the molecule is COc1cc2[nH]c(-c3c(NC(c4ncccn4)C(C)C)c4nn(C)cc4[nH]c3=O)nc2cn1. The molecule has 0 radical (unpaired) electrons. The number of nitrogens with one attached hydrogen (secondary N) is 3. The van der Waals surface area contributed by atoms with Gasteiger partial charge < -0.3 is 20.0 Å². The molecule has 0 spiro atoms. The average molecular weight is 445 g/mol. The minimum atomic E-state index is -0.298. The zero-order chi connectivity index (χ0) is 23.1. The Labute approximate surface area is 188 Å². The van der Waals surface area contributed by atoms with Gasteiger partial charge in [-0.15, -0.1) is 0 Å². The number of anilines is 1. The Balaban J connectivity index is 1.73. The van der Waals surface area contributed by atoms with Gasteiger partial charge in [-0.1, -0.05) is 13.8 Å². The van der Waals surface area contributed by atoms with E-state index in [1.165, 1.54) is 0 Å². The molecule has 0 bridgehead atoms. The number of aryl methyl sites for hydroxylation is 1. The van der Waals surface area contributed by atoms with Crippen molar-refractivity contribution in [3.8, 4) is 17.3 Å². The highest BCUT2D eigenvalue weighted by atomic mass is 16.5. The van der Waals surface area contributed by atoms with Crippen molar-refractivity contribution in [3.05, 3.63) is 53.1 Å². The van der Waals surface area contributed by atoms with Crippen LogP contribution in [0.1, 0.15) is 25.7 Å². The Morgan fingerprint density at radius 2 is 1.91 bits per heavy atom. The van der Waals surface area contributed by atoms with Gasteiger partial charge in [0.15, 0.2) is 5.82 Å². The summed E-state index contributed by atoms with van der Waals surface area (Å²) in [5.74, 6) is 1.60. The second-order valence-corrected chi connectivity index (χ2v) is 8.07. The third-order valence-electron chi connectivity index (χ3n) is 5.41. The highest BCUT2D eigenvalue weighted by Gasteiger charge is 2.25. The summed E-state index contributed by atoms with van der Waals surface area (Å²) in [6.07, 6.45) is 6.77. The fourth-order valence-electron chi connectivity index (χ4n) is 3.83. The van der Waals surface area contributed by atoms with Crippen molar-refractivity contribution in [3.63, 3.8) is 0 Å². The minimum Gasteiger partial charge on any atom is -0.481 e. The third kappa shape index (κ3) is 3.67. The maximum atomic E-state index is 13.3. The molecule has 0 saturated carbocycles. The van der Waals surface area contributed by atoms with Crippen LogP contribution >= 0.6 is 0 Å². The van der Waals surface area contributed by atoms with E-state index >= 15 is 0 Å². The fourth-order valence-corrected chi connectivity index (χ4v) is 3.83. The zero-order valence-corrected chi connectivity index (χ0v) is 18.6. The molecule has 5 aromatic rings. The van der Waals surface area contributed by atoms with Crippen LogP contribution < -0.4 is 15.6 Å². The van der Waals surface area contributed by atoms with Gasteiger partial charge >= 0.3 is 0 Å². The summed E-state index contributed by atoms with van der Waals surface area (Å²) in [7, 11) is 3.35. The van der Waals surface area contributed by atoms with Crippen LogP contribution in [-0.4, -0.2) is 46.8 Å². The number of hydrogen-bond acceptors (Lipinski definition) is 8. The van der Waals surface area contributed by atoms with E-state index in [9.17, 15) is 4.79 Å². The molecule has 5 aromatic heterocycles. The number of H-pyrrole nitrogens is 2. The maximum absolute atomic E-state index is 13.3. The van der Waals surface area contributed by atoms with Gasteiger partial charge in [-0.25, -0.2) is 19.9 Å². The van der Waals surface area contributed by atoms with Crippen molar-refractivity contribution in [2.75, 3.05) is 12.4 Å². The Morgan fingerprint density at radius 1 is 1.12 bits per heavy atom. The molecule has 1 unspecified atom stereocenters. The molecule has 11 nitrogen and oxygen atoms in total. The molecule has 11 heteroatoms. The van der Waals surface area contributed by atoms with E-state index in [0.29, 0.717) is 50.8 Å². The summed E-state index contributed by atoms with van der Waals surface area (Å²) in [5, 5.41) is 8.10. The van der Waals surface area contributed by atoms with Gasteiger partial charge in [0, 0.05) is 31.7 Å². The average Bonchev–Trinajstić information content (AvgIpc) is 3.38. The van der Waals surface area contributed by atoms with Crippen molar-refractivity contribution < 1.29 is 4.74 Å². The van der Waals surface area contributed by atoms with Gasteiger partial charge in [0.25, 0.3) is 5.56 Å². The molecule has 0 fully saturated rings. The zero-order valence-electron chi connectivity index (χ0n) is 18.6. The number of fused-ring (bicyclic) bond motifs is 2. The van der Waals surface area contributed by atoms with E-state index in [1.807, 2.05) is 0 Å². The molecule has 0 aromatic carbocycles. The number of ether oxygens (including phenoxy) is 1. The smallest absolute Gasteiger partial charge is 0.261 e. The molecule has 0 aliphatic heterocycles. The van der Waals surface area contributed by atoms with Gasteiger partial charge in [0.1, 0.15) is 22.4 Å². The van der Waals surface area contributed by atoms with Gasteiger partial charge in [0.2, 0.25) is 5.88 Å². The van der Waals surface area contributed by atoms with E-state index in [4.69, 9.17) is 4.74 Å². The van der Waals surface area contributed by atoms with Crippen LogP contribution in [-0.2, 0) is 7.05 Å². The highest BCUT2D eigenvalue weighted by molar-refractivity contribution is 5.96. The highest BCUT2D eigenvalue weighted by Crippen LogP contribution is 2.34. The summed E-state index contributed by atoms with van der Waals surface area (Å²) in [4.78, 5) is 37.1. The Hall–Kier alpha value is -4.28. The normalized spacial score (nSPS) is 12.5. The lowest BCUT2D eigenvalue weighted by Crippen LogP contribution is -2.22. The van der Waals surface area contributed by atoms with Gasteiger partial charge in [-0.2, -0.15) is 5.10 Å². The van der Waals surface area contributed by atoms with Crippen molar-refractivity contribution in [1.82, 2.24) is 39.7 Å². The quantitative estimate of drug-likeness (QED) is 0.363. The van der Waals surface area contributed by atoms with E-state index in [2.05, 4.69) is 54.2 Å². The minimum absolute atomic E-state index is 0.127. The number of nitrogens with zero attached hydrogens (tertiary/aromatic N) is 6. The number of imidazole rings is 1. The first-order valence-electron chi connectivity index (χ1n) is 10.5. The molecule has 168 valence electrons. The molecular formula is C22H23N9O2. The maximum Gasteiger partial charge on any atom is 0.261 e. The molecule has 33 heavy (non-hydrogen) atoms. The molecule has 1 atom stereocenters. The van der Waals surface area contributed by atoms with Crippen LogP contribution in [0.3, 0.4) is 0 Å². The molecule has 3 N–H and O–H groups in total. The van der Waals surface area contributed by atoms with E-state index in [-0.39, 0.29) is 17.5 Å². The second kappa shape index (κ2) is 8.01. The van der Waals surface area contributed by atoms with Crippen molar-refractivity contribution in [2.45, 2.75) is 19.9 Å². The first kappa shape index (κ1) is 20.6. The van der Waals surface area contributed by atoms with Crippen LogP contribution in [0.4, 0.5) is 5.69 Å². The first-order chi connectivity index (χ1) is 15.9. The fraction of sp³-hybridized carbons (Fsp3) is 0.273. The van der Waals surface area contributed by atoms with Crippen LogP contribution in [0.15, 0.2) is 41.7 Å². The van der Waals surface area contributed by atoms with Gasteiger partial charge in [0.05, 0.1) is 36.1 Å². The van der Waals surface area contributed by atoms with Crippen LogP contribution in [0.2, 0.25) is 0 Å². The summed E-state index contributed by atoms with van der Waals surface area (Å²) < 4.78 is 6.87. The first-order valence-corrected chi connectivity index (χ1v) is 10.5. The van der Waals surface area contributed by atoms with E-state index < -0.39 is 0 Å². The lowest BCUT2D eigenvalue weighted by molar-refractivity contribution is 0.398. The Bertz CT molecular complexity index is 1500. The lowest BCUT2D eigenvalue weighted by atomic mass is 10.0. The summed E-state index contributed by atoms with van der Waals surface area (Å²) >= 11 is 0. The predicted molar refractivity (Wildman–Crippen MR) is 124 cm³/mol. The summed E-state index contributed by atoms with van der Waals surface area (Å²) in [6, 6.07) is 3.25. The third-order valence-corrected chi connectivity index (χ3v) is 5.41. The van der Waals surface area contributed by atoms with Crippen LogP contribution in [0.5, 0.6) is 5.88 Å². The number of pyridine rings is 2. The van der Waals surface area contributed by atoms with Crippen molar-refractivity contribution >= 4 is 27.8 Å². The molecule has 5 rings (SSSR count). The summed E-state index contributed by atoms with van der Waals surface area (Å²) in [5.41, 5.74) is 3.15. The molecule has 0 amide bonds. The van der Waals surface area contributed by atoms with Gasteiger partial charge in [-0.05, 0) is 12.0 Å². The summed E-state index contributed by atoms with van der Waals surface area (Å²) in [6.45, 7) is 4.13. The van der Waals surface area contributed by atoms with E-state index in [0.717, 1.165) is 0 Å². The van der Waals surface area contributed by atoms with Crippen LogP contribution in [0.25, 0.3) is 33.5 Å². The predicted octanol–water partition coefficient (Wildman–Crippen LogP) is 2.81. The molecule has 0 aliphatic rings. The topological polar surface area (TPSA) is 139 Å². The largest absolute Gasteiger partial charge is 0.481 e. The molecule has 0 aliphatic carbocycles.